The van der Waals surface area contributed by atoms with Crippen LogP contribution in [0.15, 0.2) is 54.6 Å². The lowest BCUT2D eigenvalue weighted by Crippen LogP contribution is -2.22. The molecular weight excluding hydrogens is 369 g/mol. The lowest BCUT2D eigenvalue weighted by molar-refractivity contribution is 0.285. The van der Waals surface area contributed by atoms with Gasteiger partial charge < -0.3 is 9.30 Å². The van der Waals surface area contributed by atoms with Crippen LogP contribution in [0.25, 0.3) is 11.0 Å². The van der Waals surface area contributed by atoms with Gasteiger partial charge in [0.1, 0.15) is 18.2 Å². The molecule has 1 saturated heterocycles. The monoisotopic (exact) mass is 393 g/mol. The minimum absolute atomic E-state index is 0. The van der Waals surface area contributed by atoms with Crippen molar-refractivity contribution >= 4 is 35.8 Å². The van der Waals surface area contributed by atoms with Crippen molar-refractivity contribution in [2.45, 2.75) is 25.9 Å². The highest BCUT2D eigenvalue weighted by Crippen LogP contribution is 2.19. The predicted octanol–water partition coefficient (Wildman–Crippen LogP) is 4.55. The molecule has 1 aliphatic rings. The Kier molecular flexibility index (Phi) is 7.76. The number of imidazole rings is 1. The average molecular weight is 394 g/mol. The van der Waals surface area contributed by atoms with Crippen molar-refractivity contribution in [3.05, 3.63) is 60.4 Å². The van der Waals surface area contributed by atoms with Crippen LogP contribution in [0.3, 0.4) is 0 Å². The van der Waals surface area contributed by atoms with Gasteiger partial charge in [0.25, 0.3) is 0 Å². The molecule has 0 radical (unpaired) electrons. The first kappa shape index (κ1) is 20.6. The van der Waals surface area contributed by atoms with Gasteiger partial charge in [0.05, 0.1) is 24.1 Å². The second kappa shape index (κ2) is 9.81. The Morgan fingerprint density at radius 2 is 1.58 bits per heavy atom. The molecule has 2 heterocycles. The standard InChI is InChI=1S/C20H23N3O.2ClH/c1-2-8-17(9-3-1)24-15-14-23-19-11-5-4-10-18(19)21-20(23)16-22-12-6-7-13-22;;/h1-5,8-11H,6-7,12-16H2;2*1H. The summed E-state index contributed by atoms with van der Waals surface area (Å²) in [5.41, 5.74) is 2.27. The number of halogens is 2. The quantitative estimate of drug-likeness (QED) is 0.614. The molecule has 1 aliphatic heterocycles. The van der Waals surface area contributed by atoms with E-state index in [2.05, 4.69) is 33.7 Å². The Hall–Kier alpha value is -1.75. The second-order valence-electron chi connectivity index (χ2n) is 6.31. The van der Waals surface area contributed by atoms with Gasteiger partial charge in [-0.1, -0.05) is 30.3 Å². The van der Waals surface area contributed by atoms with Crippen LogP contribution in [0.1, 0.15) is 18.7 Å². The van der Waals surface area contributed by atoms with Gasteiger partial charge in [-0.2, -0.15) is 0 Å². The molecule has 1 aromatic heterocycles. The summed E-state index contributed by atoms with van der Waals surface area (Å²) in [6, 6.07) is 18.4. The van der Waals surface area contributed by atoms with Gasteiger partial charge in [-0.05, 0) is 50.2 Å². The van der Waals surface area contributed by atoms with E-state index in [9.17, 15) is 0 Å². The van der Waals surface area contributed by atoms with Crippen LogP contribution in [-0.2, 0) is 13.1 Å². The molecule has 2 aromatic carbocycles. The molecule has 6 heteroatoms. The van der Waals surface area contributed by atoms with Crippen molar-refractivity contribution in [3.63, 3.8) is 0 Å². The molecule has 4 rings (SSSR count). The average Bonchev–Trinajstić information content (AvgIpc) is 3.25. The van der Waals surface area contributed by atoms with Crippen LogP contribution < -0.4 is 4.74 Å². The van der Waals surface area contributed by atoms with Crippen molar-refractivity contribution in [1.29, 1.82) is 0 Å². The van der Waals surface area contributed by atoms with Crippen molar-refractivity contribution in [3.8, 4) is 5.75 Å². The number of benzene rings is 2. The Bertz CT molecular complexity index is 801. The maximum atomic E-state index is 5.89. The van der Waals surface area contributed by atoms with E-state index in [-0.39, 0.29) is 24.8 Å². The molecule has 0 saturated carbocycles. The number of hydrogen-bond acceptors (Lipinski definition) is 3. The summed E-state index contributed by atoms with van der Waals surface area (Å²) < 4.78 is 8.21. The molecule has 0 bridgehead atoms. The Labute approximate surface area is 167 Å². The molecule has 0 atom stereocenters. The molecule has 0 spiro atoms. The largest absolute Gasteiger partial charge is 0.492 e. The van der Waals surface area contributed by atoms with E-state index < -0.39 is 0 Å². The highest BCUT2D eigenvalue weighted by atomic mass is 35.5. The number of ether oxygens (including phenoxy) is 1. The summed E-state index contributed by atoms with van der Waals surface area (Å²) in [7, 11) is 0. The van der Waals surface area contributed by atoms with Crippen LogP contribution in [-0.4, -0.2) is 34.1 Å². The lowest BCUT2D eigenvalue weighted by atomic mass is 10.3. The van der Waals surface area contributed by atoms with E-state index in [4.69, 9.17) is 9.72 Å². The number of rotatable bonds is 6. The van der Waals surface area contributed by atoms with Gasteiger partial charge in [0, 0.05) is 0 Å². The molecular formula is C20H25Cl2N3O. The van der Waals surface area contributed by atoms with E-state index in [1.54, 1.807) is 0 Å². The van der Waals surface area contributed by atoms with Crippen LogP contribution in [0.2, 0.25) is 0 Å². The van der Waals surface area contributed by atoms with Crippen LogP contribution in [0.5, 0.6) is 5.75 Å². The summed E-state index contributed by atoms with van der Waals surface area (Å²) in [4.78, 5) is 7.36. The minimum Gasteiger partial charge on any atom is -0.492 e. The SMILES string of the molecule is Cl.Cl.c1ccc(OCCn2c(CN3CCCC3)nc3ccccc32)cc1. The van der Waals surface area contributed by atoms with Gasteiger partial charge in [-0.15, -0.1) is 24.8 Å². The van der Waals surface area contributed by atoms with Crippen molar-refractivity contribution in [1.82, 2.24) is 14.5 Å². The summed E-state index contributed by atoms with van der Waals surface area (Å²) >= 11 is 0. The summed E-state index contributed by atoms with van der Waals surface area (Å²) in [6.07, 6.45) is 2.61. The molecule has 140 valence electrons. The minimum atomic E-state index is 0. The first-order chi connectivity index (χ1) is 11.9. The number of hydrogen-bond donors (Lipinski definition) is 0. The number of fused-ring (bicyclic) bond motifs is 1. The molecule has 0 unspecified atom stereocenters. The second-order valence-corrected chi connectivity index (χ2v) is 6.31. The first-order valence-electron chi connectivity index (χ1n) is 8.74. The molecule has 26 heavy (non-hydrogen) atoms. The topological polar surface area (TPSA) is 30.3 Å². The smallest absolute Gasteiger partial charge is 0.124 e. The molecule has 0 aliphatic carbocycles. The highest BCUT2D eigenvalue weighted by molar-refractivity contribution is 5.85. The zero-order valence-electron chi connectivity index (χ0n) is 14.7. The predicted molar refractivity (Wildman–Crippen MR) is 111 cm³/mol. The number of aromatic nitrogens is 2. The van der Waals surface area contributed by atoms with Crippen LogP contribution in [0, 0.1) is 0 Å². The third-order valence-corrected chi connectivity index (χ3v) is 4.62. The molecule has 4 nitrogen and oxygen atoms in total. The molecule has 3 aromatic rings. The molecule has 0 amide bonds. The van der Waals surface area contributed by atoms with Gasteiger partial charge in [0.2, 0.25) is 0 Å². The van der Waals surface area contributed by atoms with E-state index in [1.165, 1.54) is 31.4 Å². The normalized spacial score (nSPS) is 14.0. The Morgan fingerprint density at radius 3 is 2.35 bits per heavy atom. The van der Waals surface area contributed by atoms with Gasteiger partial charge in [0.15, 0.2) is 0 Å². The maximum absolute atomic E-state index is 5.89. The summed E-state index contributed by atoms with van der Waals surface area (Å²) in [6.45, 7) is 4.77. The van der Waals surface area contributed by atoms with Gasteiger partial charge >= 0.3 is 0 Å². The fourth-order valence-electron chi connectivity index (χ4n) is 3.41. The van der Waals surface area contributed by atoms with E-state index in [0.29, 0.717) is 6.61 Å². The van der Waals surface area contributed by atoms with Gasteiger partial charge in [-0.25, -0.2) is 4.98 Å². The Morgan fingerprint density at radius 1 is 0.885 bits per heavy atom. The maximum Gasteiger partial charge on any atom is 0.124 e. The summed E-state index contributed by atoms with van der Waals surface area (Å²) in [5.74, 6) is 2.07. The fraction of sp³-hybridized carbons (Fsp3) is 0.350. The van der Waals surface area contributed by atoms with Crippen LogP contribution >= 0.6 is 24.8 Å². The highest BCUT2D eigenvalue weighted by Gasteiger charge is 2.17. The fourth-order valence-corrected chi connectivity index (χ4v) is 3.41. The molecule has 0 N–H and O–H groups in total. The molecule has 1 fully saturated rings. The third kappa shape index (κ3) is 4.70. The van der Waals surface area contributed by atoms with E-state index in [1.807, 2.05) is 30.3 Å². The van der Waals surface area contributed by atoms with Gasteiger partial charge in [-0.3, -0.25) is 4.90 Å². The number of para-hydroxylation sites is 3. The zero-order valence-corrected chi connectivity index (χ0v) is 16.3. The summed E-state index contributed by atoms with van der Waals surface area (Å²) in [5, 5.41) is 0. The van der Waals surface area contributed by atoms with Crippen molar-refractivity contribution in [2.75, 3.05) is 19.7 Å². The van der Waals surface area contributed by atoms with E-state index in [0.717, 1.165) is 30.2 Å². The van der Waals surface area contributed by atoms with Crippen molar-refractivity contribution in [2.24, 2.45) is 0 Å². The number of nitrogens with zero attached hydrogens (tertiary/aromatic N) is 3. The Balaban J connectivity index is 0.00000121. The third-order valence-electron chi connectivity index (χ3n) is 4.62. The van der Waals surface area contributed by atoms with Crippen molar-refractivity contribution < 1.29 is 4.74 Å². The lowest BCUT2D eigenvalue weighted by Gasteiger charge is -2.16. The number of likely N-dealkylation sites (tertiary alicyclic amines) is 1. The first-order valence-corrected chi connectivity index (χ1v) is 8.74. The van der Waals surface area contributed by atoms with Crippen LogP contribution in [0.4, 0.5) is 0 Å². The zero-order chi connectivity index (χ0) is 16.2. The van der Waals surface area contributed by atoms with E-state index >= 15 is 0 Å².